The molecule has 62 valence electrons. The molecule has 3 N–H and O–H groups in total. The number of rotatable bonds is 2. The van der Waals surface area contributed by atoms with Crippen LogP contribution in [0.15, 0.2) is 0 Å². The lowest BCUT2D eigenvalue weighted by atomic mass is 10.2. The minimum Gasteiger partial charge on any atom is -0.271 e. The summed E-state index contributed by atoms with van der Waals surface area (Å²) in [5.74, 6) is 5.31. The van der Waals surface area contributed by atoms with Crippen molar-refractivity contribution in [3.63, 3.8) is 0 Å². The minimum atomic E-state index is 0.209. The first kappa shape index (κ1) is 8.64. The van der Waals surface area contributed by atoms with Crippen molar-refractivity contribution in [2.45, 2.75) is 26.8 Å². The van der Waals surface area contributed by atoms with Gasteiger partial charge in [0, 0.05) is 4.88 Å². The van der Waals surface area contributed by atoms with E-state index in [1.165, 1.54) is 4.88 Å². The number of aromatic nitrogens is 1. The zero-order chi connectivity index (χ0) is 8.43. The maximum Gasteiger partial charge on any atom is 0.0900 e. The van der Waals surface area contributed by atoms with E-state index < -0.39 is 0 Å². The van der Waals surface area contributed by atoms with Crippen molar-refractivity contribution in [1.29, 1.82) is 0 Å². The molecule has 0 aromatic carbocycles. The van der Waals surface area contributed by atoms with Crippen LogP contribution in [0.3, 0.4) is 0 Å². The predicted octanol–water partition coefficient (Wildman–Crippen LogP) is 1.28. The van der Waals surface area contributed by atoms with Crippen LogP contribution >= 0.6 is 11.3 Å². The molecule has 1 rings (SSSR count). The molecule has 1 aromatic rings. The molecule has 1 atom stereocenters. The molecule has 0 amide bonds. The van der Waals surface area contributed by atoms with Crippen LogP contribution in [0.2, 0.25) is 0 Å². The summed E-state index contributed by atoms with van der Waals surface area (Å²) in [6, 6.07) is 0.209. The van der Waals surface area contributed by atoms with Crippen LogP contribution in [0.5, 0.6) is 0 Å². The van der Waals surface area contributed by atoms with E-state index in [2.05, 4.69) is 10.4 Å². The largest absolute Gasteiger partial charge is 0.271 e. The summed E-state index contributed by atoms with van der Waals surface area (Å²) in [5.41, 5.74) is 3.79. The fourth-order valence-corrected chi connectivity index (χ4v) is 1.96. The van der Waals surface area contributed by atoms with E-state index in [0.717, 1.165) is 10.7 Å². The topological polar surface area (TPSA) is 50.9 Å². The Bertz CT molecular complexity index is 244. The predicted molar refractivity (Wildman–Crippen MR) is 47.3 cm³/mol. The molecule has 0 aliphatic heterocycles. The first-order valence-electron chi connectivity index (χ1n) is 3.55. The van der Waals surface area contributed by atoms with Crippen molar-refractivity contribution in [3.05, 3.63) is 15.6 Å². The van der Waals surface area contributed by atoms with E-state index in [-0.39, 0.29) is 6.04 Å². The molecule has 3 nitrogen and oxygen atoms in total. The molecule has 0 spiro atoms. The molecule has 0 aliphatic carbocycles. The summed E-state index contributed by atoms with van der Waals surface area (Å²) in [5, 5.41) is 1.10. The van der Waals surface area contributed by atoms with Crippen molar-refractivity contribution in [3.8, 4) is 0 Å². The smallest absolute Gasteiger partial charge is 0.0900 e. The van der Waals surface area contributed by atoms with E-state index >= 15 is 0 Å². The first-order chi connectivity index (χ1) is 5.15. The van der Waals surface area contributed by atoms with Gasteiger partial charge in [-0.3, -0.25) is 11.3 Å². The lowest BCUT2D eigenvalue weighted by molar-refractivity contribution is 0.608. The van der Waals surface area contributed by atoms with Gasteiger partial charge in [0.2, 0.25) is 0 Å². The van der Waals surface area contributed by atoms with Crippen molar-refractivity contribution in [2.75, 3.05) is 0 Å². The molecule has 0 saturated carbocycles. The summed E-state index contributed by atoms with van der Waals surface area (Å²) in [6.45, 7) is 6.04. The quantitative estimate of drug-likeness (QED) is 0.520. The molecule has 4 heteroatoms. The molecular formula is C7H13N3S. The number of nitrogens with zero attached hydrogens (tertiary/aromatic N) is 1. The van der Waals surface area contributed by atoms with Crippen molar-refractivity contribution < 1.29 is 0 Å². The molecular weight excluding hydrogens is 158 g/mol. The van der Waals surface area contributed by atoms with Gasteiger partial charge in [-0.25, -0.2) is 4.98 Å². The van der Waals surface area contributed by atoms with Gasteiger partial charge in [-0.2, -0.15) is 0 Å². The van der Waals surface area contributed by atoms with Crippen LogP contribution in [0.4, 0.5) is 0 Å². The zero-order valence-corrected chi connectivity index (χ0v) is 7.83. The van der Waals surface area contributed by atoms with Crippen molar-refractivity contribution >= 4 is 11.3 Å². The van der Waals surface area contributed by atoms with Gasteiger partial charge in [-0.1, -0.05) is 0 Å². The minimum absolute atomic E-state index is 0.209. The van der Waals surface area contributed by atoms with Crippen LogP contribution in [-0.4, -0.2) is 4.98 Å². The number of thiazole rings is 1. The van der Waals surface area contributed by atoms with E-state index in [1.807, 2.05) is 20.8 Å². The highest BCUT2D eigenvalue weighted by atomic mass is 32.1. The Morgan fingerprint density at radius 3 is 2.55 bits per heavy atom. The van der Waals surface area contributed by atoms with Gasteiger partial charge in [0.1, 0.15) is 0 Å². The Labute approximate surface area is 70.6 Å². The second-order valence-electron chi connectivity index (χ2n) is 2.57. The number of nitrogens with two attached hydrogens (primary N) is 1. The Balaban J connectivity index is 2.93. The van der Waals surface area contributed by atoms with Gasteiger partial charge in [0.05, 0.1) is 16.7 Å². The molecule has 0 bridgehead atoms. The number of nitrogens with one attached hydrogen (secondary N) is 1. The van der Waals surface area contributed by atoms with Crippen LogP contribution in [0.25, 0.3) is 0 Å². The summed E-state index contributed by atoms with van der Waals surface area (Å²) in [6.07, 6.45) is 0. The number of aryl methyl sites for hydroxylation is 2. The van der Waals surface area contributed by atoms with Crippen molar-refractivity contribution in [1.82, 2.24) is 10.4 Å². The number of hydrazine groups is 1. The van der Waals surface area contributed by atoms with E-state index in [4.69, 9.17) is 5.84 Å². The third-order valence-corrected chi connectivity index (χ3v) is 2.84. The van der Waals surface area contributed by atoms with Gasteiger partial charge >= 0.3 is 0 Å². The summed E-state index contributed by atoms with van der Waals surface area (Å²) in [4.78, 5) is 5.53. The summed E-state index contributed by atoms with van der Waals surface area (Å²) >= 11 is 1.69. The summed E-state index contributed by atoms with van der Waals surface area (Å²) in [7, 11) is 0. The fourth-order valence-electron chi connectivity index (χ4n) is 1.02. The van der Waals surface area contributed by atoms with Gasteiger partial charge in [0.25, 0.3) is 0 Å². The highest BCUT2D eigenvalue weighted by Crippen LogP contribution is 2.23. The fraction of sp³-hybridized carbons (Fsp3) is 0.571. The monoisotopic (exact) mass is 171 g/mol. The molecule has 0 aliphatic rings. The Morgan fingerprint density at radius 1 is 1.55 bits per heavy atom. The maximum atomic E-state index is 5.31. The van der Waals surface area contributed by atoms with Gasteiger partial charge in [-0.05, 0) is 20.8 Å². The van der Waals surface area contributed by atoms with Crippen LogP contribution in [-0.2, 0) is 0 Å². The van der Waals surface area contributed by atoms with E-state index in [9.17, 15) is 0 Å². The average molecular weight is 171 g/mol. The van der Waals surface area contributed by atoms with Crippen LogP contribution in [0.1, 0.15) is 28.5 Å². The van der Waals surface area contributed by atoms with Crippen LogP contribution in [0, 0.1) is 13.8 Å². The molecule has 11 heavy (non-hydrogen) atoms. The molecule has 0 unspecified atom stereocenters. The zero-order valence-electron chi connectivity index (χ0n) is 7.01. The molecule has 1 heterocycles. The van der Waals surface area contributed by atoms with Gasteiger partial charge in [-0.15, -0.1) is 11.3 Å². The molecule has 0 radical (unpaired) electrons. The Kier molecular flexibility index (Phi) is 2.59. The third-order valence-electron chi connectivity index (χ3n) is 1.58. The van der Waals surface area contributed by atoms with Gasteiger partial charge < -0.3 is 0 Å². The van der Waals surface area contributed by atoms with E-state index in [0.29, 0.717) is 0 Å². The highest BCUT2D eigenvalue weighted by molar-refractivity contribution is 7.11. The SMILES string of the molecule is Cc1nc(C)c([C@H](C)NN)s1. The average Bonchev–Trinajstić information content (AvgIpc) is 2.28. The molecule has 0 saturated heterocycles. The standard InChI is InChI=1S/C7H13N3S/c1-4-7(5(2)10-8)11-6(3)9-4/h5,10H,8H2,1-3H3/t5-/m0/s1. The molecule has 1 aromatic heterocycles. The Hall–Kier alpha value is -0.450. The number of hydrogen-bond donors (Lipinski definition) is 2. The maximum absolute atomic E-state index is 5.31. The summed E-state index contributed by atoms with van der Waals surface area (Å²) < 4.78 is 0. The number of hydrogen-bond acceptors (Lipinski definition) is 4. The molecule has 0 fully saturated rings. The van der Waals surface area contributed by atoms with Crippen molar-refractivity contribution in [2.24, 2.45) is 5.84 Å². The second kappa shape index (κ2) is 3.30. The second-order valence-corrected chi connectivity index (χ2v) is 3.81. The first-order valence-corrected chi connectivity index (χ1v) is 4.37. The lowest BCUT2D eigenvalue weighted by Crippen LogP contribution is -2.25. The third kappa shape index (κ3) is 1.77. The van der Waals surface area contributed by atoms with Crippen LogP contribution < -0.4 is 11.3 Å². The van der Waals surface area contributed by atoms with Gasteiger partial charge in [0.15, 0.2) is 0 Å². The van der Waals surface area contributed by atoms with E-state index in [1.54, 1.807) is 11.3 Å². The lowest BCUT2D eigenvalue weighted by Gasteiger charge is -2.06. The normalized spacial score (nSPS) is 13.5. The Morgan fingerprint density at radius 2 is 2.18 bits per heavy atom. The highest BCUT2D eigenvalue weighted by Gasteiger charge is 2.10.